The van der Waals surface area contributed by atoms with Gasteiger partial charge in [-0.15, -0.1) is 0 Å². The third kappa shape index (κ3) is 5.39. The molecular weight excluding hydrogens is 295 g/mol. The summed E-state index contributed by atoms with van der Waals surface area (Å²) < 4.78 is 12.9. The van der Waals surface area contributed by atoms with E-state index in [1.807, 2.05) is 12.2 Å². The van der Waals surface area contributed by atoms with Crippen molar-refractivity contribution in [2.75, 3.05) is 10.6 Å². The van der Waals surface area contributed by atoms with Crippen molar-refractivity contribution in [3.8, 4) is 0 Å². The van der Waals surface area contributed by atoms with E-state index in [9.17, 15) is 14.0 Å². The number of nitrogens with one attached hydrogen (secondary N) is 2. The van der Waals surface area contributed by atoms with Crippen molar-refractivity contribution in [2.24, 2.45) is 0 Å². The van der Waals surface area contributed by atoms with E-state index in [1.165, 1.54) is 26.0 Å². The number of hydrogen-bond donors (Lipinski definition) is 2. The van der Waals surface area contributed by atoms with Crippen molar-refractivity contribution >= 4 is 35.3 Å². The minimum atomic E-state index is -0.289. The van der Waals surface area contributed by atoms with Crippen molar-refractivity contribution in [1.29, 1.82) is 0 Å². The van der Waals surface area contributed by atoms with Crippen LogP contribution in [0.3, 0.4) is 0 Å². The highest BCUT2D eigenvalue weighted by Crippen LogP contribution is 2.21. The van der Waals surface area contributed by atoms with Crippen LogP contribution in [-0.2, 0) is 9.59 Å². The van der Waals surface area contributed by atoms with Crippen LogP contribution in [0.25, 0.3) is 12.2 Å². The third-order valence-electron chi connectivity index (χ3n) is 2.93. The fourth-order valence-electron chi connectivity index (χ4n) is 2.07. The smallest absolute Gasteiger partial charge is 0.221 e. The molecule has 0 aliphatic heterocycles. The van der Waals surface area contributed by atoms with Gasteiger partial charge in [0, 0.05) is 25.2 Å². The zero-order valence-corrected chi connectivity index (χ0v) is 12.9. The molecule has 0 atom stereocenters. The molecule has 0 aliphatic rings. The molecule has 0 aromatic heterocycles. The summed E-state index contributed by atoms with van der Waals surface area (Å²) in [7, 11) is 0. The molecule has 4 nitrogen and oxygen atoms in total. The van der Waals surface area contributed by atoms with Crippen LogP contribution < -0.4 is 10.6 Å². The number of carbonyl (C=O) groups excluding carboxylic acids is 2. The van der Waals surface area contributed by atoms with E-state index in [1.54, 1.807) is 30.3 Å². The predicted octanol–water partition coefficient (Wildman–Crippen LogP) is 3.91. The highest BCUT2D eigenvalue weighted by Gasteiger charge is 2.03. The molecule has 0 aliphatic carbocycles. The largest absolute Gasteiger partial charge is 0.326 e. The normalized spacial score (nSPS) is 10.6. The number of rotatable bonds is 4. The molecule has 0 fully saturated rings. The zero-order valence-electron chi connectivity index (χ0n) is 12.9. The van der Waals surface area contributed by atoms with Crippen LogP contribution in [0, 0.1) is 5.82 Å². The maximum absolute atomic E-state index is 12.9. The number of benzene rings is 2. The molecular formula is C18H17FN2O2. The Bertz CT molecular complexity index is 718. The summed E-state index contributed by atoms with van der Waals surface area (Å²) in [6.07, 6.45) is 3.65. The summed E-state index contributed by atoms with van der Waals surface area (Å²) in [5.74, 6) is -0.681. The number of hydrogen-bond acceptors (Lipinski definition) is 2. The van der Waals surface area contributed by atoms with E-state index in [4.69, 9.17) is 0 Å². The zero-order chi connectivity index (χ0) is 16.8. The Kier molecular flexibility index (Phi) is 5.25. The quantitative estimate of drug-likeness (QED) is 0.841. The van der Waals surface area contributed by atoms with Crippen LogP contribution >= 0.6 is 0 Å². The third-order valence-corrected chi connectivity index (χ3v) is 2.93. The fourth-order valence-corrected chi connectivity index (χ4v) is 2.07. The molecule has 0 saturated carbocycles. The SMILES string of the molecule is CC(=O)Nc1cc(/C=C/c2ccc(F)cc2)cc(NC(C)=O)c1. The van der Waals surface area contributed by atoms with E-state index >= 15 is 0 Å². The monoisotopic (exact) mass is 312 g/mol. The molecule has 2 aromatic rings. The number of halogens is 1. The Morgan fingerprint density at radius 3 is 1.78 bits per heavy atom. The average Bonchev–Trinajstić information content (AvgIpc) is 2.45. The lowest BCUT2D eigenvalue weighted by Gasteiger charge is -2.08. The maximum atomic E-state index is 12.9. The lowest BCUT2D eigenvalue weighted by atomic mass is 10.1. The second-order valence-corrected chi connectivity index (χ2v) is 5.09. The first kappa shape index (κ1) is 16.4. The van der Waals surface area contributed by atoms with Gasteiger partial charge in [-0.3, -0.25) is 9.59 Å². The van der Waals surface area contributed by atoms with Gasteiger partial charge < -0.3 is 10.6 Å². The molecule has 2 aromatic carbocycles. The Balaban J connectivity index is 2.29. The minimum Gasteiger partial charge on any atom is -0.326 e. The van der Waals surface area contributed by atoms with E-state index in [-0.39, 0.29) is 17.6 Å². The molecule has 2 rings (SSSR count). The first-order valence-electron chi connectivity index (χ1n) is 7.06. The van der Waals surface area contributed by atoms with Crippen LogP contribution in [0.1, 0.15) is 25.0 Å². The molecule has 0 radical (unpaired) electrons. The van der Waals surface area contributed by atoms with E-state index < -0.39 is 0 Å². The van der Waals surface area contributed by atoms with Gasteiger partial charge >= 0.3 is 0 Å². The van der Waals surface area contributed by atoms with Crippen LogP contribution in [0.4, 0.5) is 15.8 Å². The summed E-state index contributed by atoms with van der Waals surface area (Å²) in [6, 6.07) is 11.3. The molecule has 0 unspecified atom stereocenters. The highest BCUT2D eigenvalue weighted by atomic mass is 19.1. The number of carbonyl (C=O) groups is 2. The van der Waals surface area contributed by atoms with Gasteiger partial charge in [0.15, 0.2) is 0 Å². The first-order valence-corrected chi connectivity index (χ1v) is 7.06. The standard InChI is InChI=1S/C18H17FN2O2/c1-12(22)20-17-9-15(10-18(11-17)21-13(2)23)4-3-14-5-7-16(19)8-6-14/h3-11H,1-2H3,(H,20,22)(H,21,23)/b4-3+. The topological polar surface area (TPSA) is 58.2 Å². The molecule has 0 heterocycles. The summed E-state index contributed by atoms with van der Waals surface area (Å²) in [5.41, 5.74) is 2.81. The van der Waals surface area contributed by atoms with Gasteiger partial charge in [0.2, 0.25) is 11.8 Å². The van der Waals surface area contributed by atoms with Crippen LogP contribution in [0.15, 0.2) is 42.5 Å². The van der Waals surface area contributed by atoms with Gasteiger partial charge in [-0.05, 0) is 41.5 Å². The Morgan fingerprint density at radius 2 is 1.30 bits per heavy atom. The summed E-state index contributed by atoms with van der Waals surface area (Å²) in [6.45, 7) is 2.83. The van der Waals surface area contributed by atoms with Gasteiger partial charge in [0.25, 0.3) is 0 Å². The van der Waals surface area contributed by atoms with Gasteiger partial charge in [-0.1, -0.05) is 24.3 Å². The molecule has 23 heavy (non-hydrogen) atoms. The van der Waals surface area contributed by atoms with Gasteiger partial charge in [-0.25, -0.2) is 4.39 Å². The van der Waals surface area contributed by atoms with E-state index in [0.717, 1.165) is 11.1 Å². The minimum absolute atomic E-state index is 0.196. The van der Waals surface area contributed by atoms with Gasteiger partial charge in [0.05, 0.1) is 0 Å². The van der Waals surface area contributed by atoms with Gasteiger partial charge in [-0.2, -0.15) is 0 Å². The van der Waals surface area contributed by atoms with Crippen LogP contribution in [0.2, 0.25) is 0 Å². The van der Waals surface area contributed by atoms with E-state index in [2.05, 4.69) is 10.6 Å². The molecule has 0 spiro atoms. The second kappa shape index (κ2) is 7.35. The fraction of sp³-hybridized carbons (Fsp3) is 0.111. The molecule has 0 saturated heterocycles. The average molecular weight is 312 g/mol. The van der Waals surface area contributed by atoms with Crippen molar-refractivity contribution in [3.05, 3.63) is 59.4 Å². The molecule has 5 heteroatoms. The highest BCUT2D eigenvalue weighted by molar-refractivity contribution is 5.93. The van der Waals surface area contributed by atoms with Crippen molar-refractivity contribution < 1.29 is 14.0 Å². The number of anilines is 2. The first-order chi connectivity index (χ1) is 10.9. The lowest BCUT2D eigenvalue weighted by Crippen LogP contribution is -2.09. The molecule has 0 bridgehead atoms. The van der Waals surface area contributed by atoms with Crippen LogP contribution in [0.5, 0.6) is 0 Å². The Morgan fingerprint density at radius 1 is 0.826 bits per heavy atom. The van der Waals surface area contributed by atoms with Crippen LogP contribution in [-0.4, -0.2) is 11.8 Å². The second-order valence-electron chi connectivity index (χ2n) is 5.09. The predicted molar refractivity (Wildman–Crippen MR) is 90.4 cm³/mol. The molecule has 2 N–H and O–H groups in total. The number of amides is 2. The molecule has 118 valence electrons. The Labute approximate surface area is 134 Å². The van der Waals surface area contributed by atoms with Crippen molar-refractivity contribution in [3.63, 3.8) is 0 Å². The summed E-state index contributed by atoms with van der Waals surface area (Å²) in [5, 5.41) is 5.38. The maximum Gasteiger partial charge on any atom is 0.221 e. The Hall–Kier alpha value is -2.95. The lowest BCUT2D eigenvalue weighted by molar-refractivity contribution is -0.115. The van der Waals surface area contributed by atoms with Gasteiger partial charge in [0.1, 0.15) is 5.82 Å². The van der Waals surface area contributed by atoms with Crippen molar-refractivity contribution in [2.45, 2.75) is 13.8 Å². The van der Waals surface area contributed by atoms with E-state index in [0.29, 0.717) is 11.4 Å². The molecule has 2 amide bonds. The summed E-state index contributed by atoms with van der Waals surface area (Å²) in [4.78, 5) is 22.4. The summed E-state index contributed by atoms with van der Waals surface area (Å²) >= 11 is 0. The van der Waals surface area contributed by atoms with Crippen molar-refractivity contribution in [1.82, 2.24) is 0 Å².